The van der Waals surface area contributed by atoms with Crippen molar-refractivity contribution in [2.45, 2.75) is 43.4 Å². The zero-order valence-electron chi connectivity index (χ0n) is 15.6. The van der Waals surface area contributed by atoms with Gasteiger partial charge in [0.15, 0.2) is 0 Å². The van der Waals surface area contributed by atoms with Gasteiger partial charge in [-0.3, -0.25) is 9.59 Å². The number of nitrogens with one attached hydrogen (secondary N) is 2. The Labute approximate surface area is 163 Å². The number of azide groups is 1. The molecule has 3 atom stereocenters. The molecule has 0 aliphatic carbocycles. The summed E-state index contributed by atoms with van der Waals surface area (Å²) in [5.74, 6) is 1.76. The van der Waals surface area contributed by atoms with E-state index in [0.29, 0.717) is 69.6 Å². The molecule has 2 N–H and O–H groups in total. The molecule has 0 aromatic carbocycles. The number of thioether (sulfide) groups is 1. The van der Waals surface area contributed by atoms with Crippen molar-refractivity contribution in [3.63, 3.8) is 0 Å². The maximum absolute atomic E-state index is 11.8. The van der Waals surface area contributed by atoms with Gasteiger partial charge in [0.05, 0.1) is 26.4 Å². The van der Waals surface area contributed by atoms with Gasteiger partial charge < -0.3 is 20.1 Å². The molecule has 152 valence electrons. The predicted molar refractivity (Wildman–Crippen MR) is 103 cm³/mol. The summed E-state index contributed by atoms with van der Waals surface area (Å²) >= 11 is 1.96. The minimum absolute atomic E-state index is 0.0545. The van der Waals surface area contributed by atoms with Crippen molar-refractivity contribution >= 4 is 23.6 Å². The van der Waals surface area contributed by atoms with Gasteiger partial charge >= 0.3 is 0 Å². The number of carbonyl (C=O) groups is 2. The van der Waals surface area contributed by atoms with Crippen LogP contribution >= 0.6 is 11.8 Å². The molecule has 2 aliphatic rings. The monoisotopic (exact) mass is 399 g/mol. The van der Waals surface area contributed by atoms with Crippen LogP contribution in [0.15, 0.2) is 5.11 Å². The van der Waals surface area contributed by atoms with Crippen molar-refractivity contribution in [2.75, 3.05) is 45.3 Å². The zero-order chi connectivity index (χ0) is 19.3. The van der Waals surface area contributed by atoms with E-state index in [9.17, 15) is 9.59 Å². The minimum atomic E-state index is 0.0545. The Morgan fingerprint density at radius 3 is 2.93 bits per heavy atom. The Hall–Kier alpha value is -1.48. The van der Waals surface area contributed by atoms with Crippen LogP contribution in [-0.4, -0.2) is 68.4 Å². The number of rotatable bonds is 14. The fourth-order valence-corrected chi connectivity index (χ4v) is 5.04. The summed E-state index contributed by atoms with van der Waals surface area (Å²) in [4.78, 5) is 25.9. The molecule has 2 rings (SSSR count). The fourth-order valence-electron chi connectivity index (χ4n) is 3.39. The highest BCUT2D eigenvalue weighted by atomic mass is 32.2. The van der Waals surface area contributed by atoms with E-state index in [0.717, 1.165) is 25.0 Å². The summed E-state index contributed by atoms with van der Waals surface area (Å²) in [5, 5.41) is 9.81. The van der Waals surface area contributed by atoms with Gasteiger partial charge in [-0.25, -0.2) is 0 Å². The molecule has 9 nitrogen and oxygen atoms in total. The number of nitrogens with zero attached hydrogens (tertiary/aromatic N) is 3. The first-order chi connectivity index (χ1) is 13.2. The normalized spacial score (nSPS) is 23.6. The van der Waals surface area contributed by atoms with E-state index in [1.165, 1.54) is 0 Å². The van der Waals surface area contributed by atoms with E-state index in [2.05, 4.69) is 20.7 Å². The Kier molecular flexibility index (Phi) is 10.4. The molecule has 2 heterocycles. The van der Waals surface area contributed by atoms with Crippen molar-refractivity contribution in [1.29, 1.82) is 0 Å². The van der Waals surface area contributed by atoms with Crippen LogP contribution in [0.2, 0.25) is 0 Å². The van der Waals surface area contributed by atoms with E-state index >= 15 is 0 Å². The lowest BCUT2D eigenvalue weighted by Crippen LogP contribution is -2.29. The van der Waals surface area contributed by atoms with Gasteiger partial charge in [-0.05, 0) is 18.4 Å². The lowest BCUT2D eigenvalue weighted by atomic mass is 9.94. The molecule has 2 amide bonds. The van der Waals surface area contributed by atoms with Crippen molar-refractivity contribution in [3.05, 3.63) is 10.4 Å². The van der Waals surface area contributed by atoms with Crippen LogP contribution in [0.5, 0.6) is 0 Å². The fraction of sp³-hybridized carbons (Fsp3) is 0.882. The largest absolute Gasteiger partial charge is 0.379 e. The van der Waals surface area contributed by atoms with Crippen LogP contribution in [0.4, 0.5) is 0 Å². The van der Waals surface area contributed by atoms with E-state index in [1.54, 1.807) is 0 Å². The van der Waals surface area contributed by atoms with E-state index in [1.807, 2.05) is 11.8 Å². The maximum atomic E-state index is 11.8. The van der Waals surface area contributed by atoms with Crippen LogP contribution in [0.25, 0.3) is 10.4 Å². The summed E-state index contributed by atoms with van der Waals surface area (Å²) in [5.41, 5.74) is 8.10. The van der Waals surface area contributed by atoms with Gasteiger partial charge in [-0.2, -0.15) is 11.8 Å². The average molecular weight is 400 g/mol. The molecule has 0 radical (unpaired) electrons. The van der Waals surface area contributed by atoms with E-state index < -0.39 is 0 Å². The minimum Gasteiger partial charge on any atom is -0.379 e. The number of hydrogen-bond donors (Lipinski definition) is 2. The van der Waals surface area contributed by atoms with E-state index in [-0.39, 0.29) is 11.8 Å². The predicted octanol–water partition coefficient (Wildman–Crippen LogP) is 1.63. The molecule has 0 aromatic rings. The molecular weight excluding hydrogens is 370 g/mol. The second-order valence-corrected chi connectivity index (χ2v) is 7.96. The molecule has 2 saturated heterocycles. The van der Waals surface area contributed by atoms with Crippen molar-refractivity contribution in [3.8, 4) is 0 Å². The van der Waals surface area contributed by atoms with Crippen molar-refractivity contribution < 1.29 is 19.1 Å². The summed E-state index contributed by atoms with van der Waals surface area (Å²) in [6, 6.07) is 0.368. The van der Waals surface area contributed by atoms with Gasteiger partial charge in [0.25, 0.3) is 0 Å². The molecule has 0 aromatic heterocycles. The molecule has 0 unspecified atom stereocenters. The third-order valence-electron chi connectivity index (χ3n) is 4.73. The van der Waals surface area contributed by atoms with E-state index in [4.69, 9.17) is 15.0 Å². The Morgan fingerprint density at radius 1 is 1.30 bits per heavy atom. The third-order valence-corrected chi connectivity index (χ3v) is 6.30. The highest BCUT2D eigenvalue weighted by Crippen LogP contribution is 2.40. The average Bonchev–Trinajstić information content (AvgIpc) is 3.20. The molecular formula is C17H29N5O4S. The molecule has 27 heavy (non-hydrogen) atoms. The Morgan fingerprint density at radius 2 is 2.11 bits per heavy atom. The Balaban J connectivity index is 1.38. The standard InChI is InChI=1S/C17H29N5O4S/c18-22-20-6-8-26-10-9-25-7-5-19-16(23)4-2-1-3-15-13-11-17(24)21-14(13)12-27-15/h13-15H,1-12H2,(H,19,23)(H,21,24)/t13-,14-,15-/m0/s1. The zero-order valence-corrected chi connectivity index (χ0v) is 16.4. The van der Waals surface area contributed by atoms with Gasteiger partial charge in [0, 0.05) is 53.8 Å². The number of hydrogen-bond acceptors (Lipinski definition) is 6. The number of fused-ring (bicyclic) bond motifs is 1. The highest BCUT2D eigenvalue weighted by molar-refractivity contribution is 8.00. The first-order valence-electron chi connectivity index (χ1n) is 9.54. The van der Waals surface area contributed by atoms with Crippen LogP contribution in [0, 0.1) is 5.92 Å². The maximum Gasteiger partial charge on any atom is 0.220 e. The van der Waals surface area contributed by atoms with Gasteiger partial charge in [0.1, 0.15) is 0 Å². The van der Waals surface area contributed by atoms with Crippen molar-refractivity contribution in [2.24, 2.45) is 11.0 Å². The molecule has 10 heteroatoms. The molecule has 2 aliphatic heterocycles. The summed E-state index contributed by atoms with van der Waals surface area (Å²) < 4.78 is 10.6. The highest BCUT2D eigenvalue weighted by Gasteiger charge is 2.42. The Bertz CT molecular complexity index is 529. The number of unbranched alkanes of at least 4 members (excludes halogenated alkanes) is 1. The molecule has 0 saturated carbocycles. The third kappa shape index (κ3) is 8.38. The lowest BCUT2D eigenvalue weighted by Gasteiger charge is -2.15. The van der Waals surface area contributed by atoms with Crippen LogP contribution in [0.3, 0.4) is 0 Å². The summed E-state index contributed by atoms with van der Waals surface area (Å²) in [7, 11) is 0. The molecule has 2 fully saturated rings. The van der Waals surface area contributed by atoms with Crippen molar-refractivity contribution in [1.82, 2.24) is 10.6 Å². The van der Waals surface area contributed by atoms with Gasteiger partial charge in [-0.15, -0.1) is 0 Å². The molecule has 0 bridgehead atoms. The van der Waals surface area contributed by atoms with Gasteiger partial charge in [0.2, 0.25) is 11.8 Å². The van der Waals surface area contributed by atoms with Gasteiger partial charge in [-0.1, -0.05) is 11.5 Å². The lowest BCUT2D eigenvalue weighted by molar-refractivity contribution is -0.121. The summed E-state index contributed by atoms with van der Waals surface area (Å²) in [6.45, 7) is 2.55. The smallest absolute Gasteiger partial charge is 0.220 e. The topological polar surface area (TPSA) is 125 Å². The summed E-state index contributed by atoms with van der Waals surface area (Å²) in [6.07, 6.45) is 4.18. The SMILES string of the molecule is [N-]=[N+]=NCCOCCOCCNC(=O)CCCC[C@@H]1SC[C@@H]2NC(=O)C[C@@H]21. The first kappa shape index (κ1) is 21.8. The molecule has 0 spiro atoms. The number of carbonyl (C=O) groups excluding carboxylic acids is 2. The first-order valence-corrected chi connectivity index (χ1v) is 10.6. The van der Waals surface area contributed by atoms with Crippen LogP contribution < -0.4 is 10.6 Å². The van der Waals surface area contributed by atoms with Crippen LogP contribution in [-0.2, 0) is 19.1 Å². The second kappa shape index (κ2) is 12.8. The number of ether oxygens (including phenoxy) is 2. The number of amides is 2. The second-order valence-electron chi connectivity index (χ2n) is 6.69. The van der Waals surface area contributed by atoms with Crippen LogP contribution in [0.1, 0.15) is 32.1 Å². The quantitative estimate of drug-likeness (QED) is 0.199.